The van der Waals surface area contributed by atoms with Gasteiger partial charge in [-0.25, -0.2) is 8.42 Å². The second kappa shape index (κ2) is 6.58. The van der Waals surface area contributed by atoms with Crippen molar-refractivity contribution in [1.82, 2.24) is 9.21 Å². The van der Waals surface area contributed by atoms with E-state index in [0.29, 0.717) is 42.1 Å². The van der Waals surface area contributed by atoms with E-state index < -0.39 is 10.0 Å². The molecule has 1 aromatic rings. The highest BCUT2D eigenvalue weighted by Gasteiger charge is 2.29. The van der Waals surface area contributed by atoms with Crippen LogP contribution in [0.15, 0.2) is 32.0 Å². The molecule has 1 heterocycles. The smallest absolute Gasteiger partial charge is 0.244 e. The molecular weight excluding hydrogens is 408 g/mol. The lowest BCUT2D eigenvalue weighted by Crippen LogP contribution is -2.48. The van der Waals surface area contributed by atoms with Gasteiger partial charge < -0.3 is 0 Å². The van der Waals surface area contributed by atoms with Crippen LogP contribution in [0.25, 0.3) is 0 Å². The Kier molecular flexibility index (Phi) is 5.26. The monoisotopic (exact) mass is 420 g/mol. The van der Waals surface area contributed by atoms with Crippen molar-refractivity contribution in [3.05, 3.63) is 27.1 Å². The number of piperazine rings is 1. The molecule has 1 fully saturated rings. The van der Waals surface area contributed by atoms with E-state index in [4.69, 9.17) is 6.42 Å². The van der Waals surface area contributed by atoms with Gasteiger partial charge in [0.25, 0.3) is 0 Å². The van der Waals surface area contributed by atoms with Crippen molar-refractivity contribution in [2.45, 2.75) is 4.90 Å². The molecule has 1 aromatic carbocycles. The molecule has 1 aliphatic heterocycles. The van der Waals surface area contributed by atoms with E-state index in [-0.39, 0.29) is 0 Å². The predicted molar refractivity (Wildman–Crippen MR) is 85.9 cm³/mol. The van der Waals surface area contributed by atoms with E-state index >= 15 is 0 Å². The van der Waals surface area contributed by atoms with Gasteiger partial charge >= 0.3 is 0 Å². The second-order valence-corrected chi connectivity index (χ2v) is 8.14. The van der Waals surface area contributed by atoms with Gasteiger partial charge in [0, 0.05) is 35.1 Å². The summed E-state index contributed by atoms with van der Waals surface area (Å²) in [6, 6.07) is 5.07. The number of terminal acetylenes is 1. The zero-order valence-electron chi connectivity index (χ0n) is 10.7. The van der Waals surface area contributed by atoms with Crippen LogP contribution < -0.4 is 0 Å². The predicted octanol–water partition coefficient (Wildman–Crippen LogP) is 2.15. The zero-order valence-corrected chi connectivity index (χ0v) is 14.7. The second-order valence-electron chi connectivity index (χ2n) is 4.46. The van der Waals surface area contributed by atoms with Crippen LogP contribution in [0.4, 0.5) is 0 Å². The molecule has 1 saturated heterocycles. The third kappa shape index (κ3) is 3.43. The molecule has 0 bridgehead atoms. The largest absolute Gasteiger partial charge is 0.290 e. The summed E-state index contributed by atoms with van der Waals surface area (Å²) in [5, 5.41) is 0. The molecule has 0 saturated carbocycles. The Morgan fingerprint density at radius 2 is 1.85 bits per heavy atom. The Balaban J connectivity index is 2.18. The Morgan fingerprint density at radius 3 is 2.40 bits per heavy atom. The standard InChI is InChI=1S/C13H14Br2N2O2S/c1-2-5-16-6-8-17(9-7-16)20(18,19)13-4-3-11(14)10-12(13)15/h1,3-4,10H,5-9H2. The topological polar surface area (TPSA) is 40.6 Å². The molecule has 0 aliphatic carbocycles. The fraction of sp³-hybridized carbons (Fsp3) is 0.385. The maximum Gasteiger partial charge on any atom is 0.244 e. The average Bonchev–Trinajstić information content (AvgIpc) is 2.39. The van der Waals surface area contributed by atoms with Crippen molar-refractivity contribution < 1.29 is 8.42 Å². The molecule has 0 aromatic heterocycles. The lowest BCUT2D eigenvalue weighted by atomic mass is 10.3. The van der Waals surface area contributed by atoms with Crippen molar-refractivity contribution in [1.29, 1.82) is 0 Å². The highest BCUT2D eigenvalue weighted by molar-refractivity contribution is 9.11. The van der Waals surface area contributed by atoms with E-state index in [0.717, 1.165) is 4.47 Å². The number of hydrogen-bond acceptors (Lipinski definition) is 3. The summed E-state index contributed by atoms with van der Waals surface area (Å²) < 4.78 is 28.1. The van der Waals surface area contributed by atoms with Gasteiger partial charge in [-0.1, -0.05) is 21.9 Å². The molecule has 0 N–H and O–H groups in total. The van der Waals surface area contributed by atoms with Crippen molar-refractivity contribution in [3.63, 3.8) is 0 Å². The van der Waals surface area contributed by atoms with Gasteiger partial charge in [0.15, 0.2) is 0 Å². The lowest BCUT2D eigenvalue weighted by Gasteiger charge is -2.33. The first-order chi connectivity index (χ1) is 9.45. The molecule has 7 heteroatoms. The zero-order chi connectivity index (χ0) is 14.8. The number of rotatable bonds is 3. The molecule has 0 spiro atoms. The van der Waals surface area contributed by atoms with Crippen LogP contribution in [0.3, 0.4) is 0 Å². The van der Waals surface area contributed by atoms with Gasteiger partial charge in [-0.2, -0.15) is 4.31 Å². The van der Waals surface area contributed by atoms with Gasteiger partial charge in [-0.3, -0.25) is 4.90 Å². The minimum atomic E-state index is -3.46. The Bertz CT molecular complexity index is 632. The number of nitrogens with zero attached hydrogens (tertiary/aromatic N) is 2. The van der Waals surface area contributed by atoms with Crippen molar-refractivity contribution in [2.24, 2.45) is 0 Å². The van der Waals surface area contributed by atoms with E-state index in [9.17, 15) is 8.42 Å². The quantitative estimate of drug-likeness (QED) is 0.702. The van der Waals surface area contributed by atoms with Crippen LogP contribution in [-0.4, -0.2) is 50.3 Å². The number of benzene rings is 1. The number of sulfonamides is 1. The van der Waals surface area contributed by atoms with Crippen LogP contribution in [0.2, 0.25) is 0 Å². The van der Waals surface area contributed by atoms with Gasteiger partial charge in [0.05, 0.1) is 11.4 Å². The molecular formula is C13H14Br2N2O2S. The first-order valence-corrected chi connectivity index (χ1v) is 9.09. The minimum Gasteiger partial charge on any atom is -0.290 e. The number of hydrogen-bond donors (Lipinski definition) is 0. The van der Waals surface area contributed by atoms with Crippen molar-refractivity contribution in [2.75, 3.05) is 32.7 Å². The minimum absolute atomic E-state index is 0.297. The Labute approximate surface area is 136 Å². The van der Waals surface area contributed by atoms with Crippen LogP contribution in [0.5, 0.6) is 0 Å². The van der Waals surface area contributed by atoms with E-state index in [1.165, 1.54) is 4.31 Å². The van der Waals surface area contributed by atoms with Crippen LogP contribution >= 0.6 is 31.9 Å². The summed E-state index contributed by atoms with van der Waals surface area (Å²) in [6.07, 6.45) is 5.27. The third-order valence-corrected chi connectivity index (χ3v) is 6.53. The van der Waals surface area contributed by atoms with Crippen molar-refractivity contribution >= 4 is 41.9 Å². The van der Waals surface area contributed by atoms with E-state index in [1.54, 1.807) is 18.2 Å². The van der Waals surface area contributed by atoms with Gasteiger partial charge in [-0.15, -0.1) is 6.42 Å². The molecule has 1 aliphatic rings. The fourth-order valence-electron chi connectivity index (χ4n) is 2.08. The van der Waals surface area contributed by atoms with Gasteiger partial charge in [0.1, 0.15) is 0 Å². The first-order valence-electron chi connectivity index (χ1n) is 6.06. The SMILES string of the molecule is C#CCN1CCN(S(=O)(=O)c2ccc(Br)cc2Br)CC1. The van der Waals surface area contributed by atoms with Crippen LogP contribution in [0.1, 0.15) is 0 Å². The highest BCUT2D eigenvalue weighted by atomic mass is 79.9. The number of halogens is 2. The van der Waals surface area contributed by atoms with Gasteiger partial charge in [0.2, 0.25) is 10.0 Å². The Hall–Kier alpha value is -0.390. The maximum atomic E-state index is 12.6. The summed E-state index contributed by atoms with van der Waals surface area (Å²) >= 11 is 6.63. The maximum absolute atomic E-state index is 12.6. The molecule has 0 atom stereocenters. The summed E-state index contributed by atoms with van der Waals surface area (Å²) in [6.45, 7) is 2.82. The Morgan fingerprint density at radius 1 is 1.20 bits per heavy atom. The fourth-order valence-corrected chi connectivity index (χ4v) is 5.21. The normalized spacial score (nSPS) is 17.9. The van der Waals surface area contributed by atoms with E-state index in [2.05, 4.69) is 42.7 Å². The third-order valence-electron chi connectivity index (χ3n) is 3.16. The van der Waals surface area contributed by atoms with Crippen LogP contribution in [0, 0.1) is 12.3 Å². The molecule has 0 radical (unpaired) electrons. The lowest BCUT2D eigenvalue weighted by molar-refractivity contribution is 0.207. The molecule has 108 valence electrons. The molecule has 20 heavy (non-hydrogen) atoms. The van der Waals surface area contributed by atoms with E-state index in [1.807, 2.05) is 0 Å². The first kappa shape index (κ1) is 16.0. The average molecular weight is 422 g/mol. The molecule has 0 amide bonds. The molecule has 2 rings (SSSR count). The highest BCUT2D eigenvalue weighted by Crippen LogP contribution is 2.28. The van der Waals surface area contributed by atoms with Crippen LogP contribution in [-0.2, 0) is 10.0 Å². The summed E-state index contributed by atoms with van der Waals surface area (Å²) in [5.74, 6) is 2.58. The summed E-state index contributed by atoms with van der Waals surface area (Å²) in [7, 11) is -3.46. The summed E-state index contributed by atoms with van der Waals surface area (Å²) in [5.41, 5.74) is 0. The molecule has 0 unspecified atom stereocenters. The summed E-state index contributed by atoms with van der Waals surface area (Å²) in [4.78, 5) is 2.37. The van der Waals surface area contributed by atoms with Crippen molar-refractivity contribution in [3.8, 4) is 12.3 Å². The molecule has 4 nitrogen and oxygen atoms in total. The van der Waals surface area contributed by atoms with Gasteiger partial charge in [-0.05, 0) is 34.1 Å².